The van der Waals surface area contributed by atoms with Gasteiger partial charge in [-0.15, -0.1) is 0 Å². The quantitative estimate of drug-likeness (QED) is 0.521. The van der Waals surface area contributed by atoms with Gasteiger partial charge in [0.05, 0.1) is 0 Å². The molecule has 120 valence electrons. The van der Waals surface area contributed by atoms with E-state index in [1.807, 2.05) is 0 Å². The first-order valence-corrected chi connectivity index (χ1v) is 11.1. The summed E-state index contributed by atoms with van der Waals surface area (Å²) in [6.45, 7) is 14.3. The van der Waals surface area contributed by atoms with Gasteiger partial charge in [-0.3, -0.25) is 0 Å². The summed E-state index contributed by atoms with van der Waals surface area (Å²) < 4.78 is 6.96. The highest BCUT2D eigenvalue weighted by molar-refractivity contribution is 6.77. The highest BCUT2D eigenvalue weighted by Crippen LogP contribution is 2.47. The summed E-state index contributed by atoms with van der Waals surface area (Å²) in [7, 11) is -1.80. The van der Waals surface area contributed by atoms with Crippen molar-refractivity contribution in [1.29, 1.82) is 0 Å². The van der Waals surface area contributed by atoms with Gasteiger partial charge in [-0.05, 0) is 66.3 Å². The molecule has 0 spiro atoms. The Kier molecular flexibility index (Phi) is 5.40. The first-order valence-electron chi connectivity index (χ1n) is 8.99. The minimum Gasteiger partial charge on any atom is -0.543 e. The Morgan fingerprint density at radius 3 is 2.10 bits per heavy atom. The average Bonchev–Trinajstić information content (AvgIpc) is 2.43. The van der Waals surface area contributed by atoms with E-state index in [2.05, 4.69) is 53.7 Å². The van der Waals surface area contributed by atoms with Gasteiger partial charge in [0.25, 0.3) is 8.32 Å². The Balaban J connectivity index is 2.32. The summed E-state index contributed by atoms with van der Waals surface area (Å²) in [5.74, 6) is 2.05. The molecule has 0 N–H and O–H groups in total. The minimum absolute atomic E-state index is 0.656. The van der Waals surface area contributed by atoms with Crippen LogP contribution in [0, 0.1) is 5.92 Å². The first kappa shape index (κ1) is 16.9. The standard InChI is InChI=1S/C19H34OSi/c1-14(2)21(15(3)4,16(5)6)20-19-13-9-11-17-10-7-8-12-18(17)19/h12-17H,7-11H2,1-6H3. The Morgan fingerprint density at radius 2 is 1.52 bits per heavy atom. The number of fused-ring (bicyclic) bond motifs is 1. The van der Waals surface area contributed by atoms with E-state index in [9.17, 15) is 0 Å². The molecule has 0 bridgehead atoms. The van der Waals surface area contributed by atoms with Crippen LogP contribution in [0.5, 0.6) is 0 Å². The maximum atomic E-state index is 6.96. The molecule has 0 aliphatic heterocycles. The van der Waals surface area contributed by atoms with Crippen LogP contribution in [0.4, 0.5) is 0 Å². The molecule has 0 heterocycles. The van der Waals surface area contributed by atoms with E-state index in [-0.39, 0.29) is 0 Å². The number of rotatable bonds is 5. The second kappa shape index (κ2) is 6.72. The summed E-state index contributed by atoms with van der Waals surface area (Å²) in [6.07, 6.45) is 11.4. The molecule has 1 unspecified atom stereocenters. The van der Waals surface area contributed by atoms with E-state index in [1.54, 1.807) is 5.57 Å². The topological polar surface area (TPSA) is 9.23 Å². The molecule has 2 heteroatoms. The molecule has 0 fully saturated rings. The van der Waals surface area contributed by atoms with Crippen molar-refractivity contribution in [3.63, 3.8) is 0 Å². The summed E-state index contributed by atoms with van der Waals surface area (Å²) in [5.41, 5.74) is 3.51. The van der Waals surface area contributed by atoms with E-state index in [0.29, 0.717) is 16.6 Å². The first-order chi connectivity index (χ1) is 9.89. The zero-order valence-electron chi connectivity index (χ0n) is 14.9. The lowest BCUT2D eigenvalue weighted by molar-refractivity contribution is 0.340. The second-order valence-corrected chi connectivity index (χ2v) is 13.2. The van der Waals surface area contributed by atoms with E-state index < -0.39 is 8.32 Å². The summed E-state index contributed by atoms with van der Waals surface area (Å²) in [6, 6.07) is 0. The van der Waals surface area contributed by atoms with Crippen molar-refractivity contribution in [3.8, 4) is 0 Å². The van der Waals surface area contributed by atoms with Gasteiger partial charge in [-0.25, -0.2) is 0 Å². The van der Waals surface area contributed by atoms with Gasteiger partial charge in [-0.1, -0.05) is 47.6 Å². The predicted octanol–water partition coefficient (Wildman–Crippen LogP) is 6.58. The maximum absolute atomic E-state index is 6.96. The normalized spacial score (nSPS) is 23.2. The Labute approximate surface area is 133 Å². The Morgan fingerprint density at radius 1 is 0.905 bits per heavy atom. The molecule has 0 amide bonds. The largest absolute Gasteiger partial charge is 0.543 e. The Hall–Kier alpha value is -0.503. The zero-order valence-corrected chi connectivity index (χ0v) is 15.9. The van der Waals surface area contributed by atoms with Gasteiger partial charge < -0.3 is 4.43 Å². The lowest BCUT2D eigenvalue weighted by atomic mass is 9.80. The van der Waals surface area contributed by atoms with Crippen LogP contribution in [0.15, 0.2) is 23.5 Å². The third kappa shape index (κ3) is 3.15. The molecule has 21 heavy (non-hydrogen) atoms. The molecule has 2 aliphatic carbocycles. The molecule has 0 aromatic rings. The van der Waals surface area contributed by atoms with Crippen molar-refractivity contribution in [2.75, 3.05) is 0 Å². The monoisotopic (exact) mass is 306 g/mol. The fraction of sp³-hybridized carbons (Fsp3) is 0.789. The minimum atomic E-state index is -1.80. The van der Waals surface area contributed by atoms with Gasteiger partial charge in [0.15, 0.2) is 0 Å². The van der Waals surface area contributed by atoms with Crippen LogP contribution >= 0.6 is 0 Å². The van der Waals surface area contributed by atoms with E-state index in [1.165, 1.54) is 37.9 Å². The van der Waals surface area contributed by atoms with Gasteiger partial charge in [0, 0.05) is 0 Å². The summed E-state index contributed by atoms with van der Waals surface area (Å²) >= 11 is 0. The maximum Gasteiger partial charge on any atom is 0.258 e. The second-order valence-electron chi connectivity index (χ2n) is 7.85. The van der Waals surface area contributed by atoms with Crippen molar-refractivity contribution < 1.29 is 4.43 Å². The molecular formula is C19H34OSi. The Bertz CT molecular complexity index is 396. The SMILES string of the molecule is CC(C)[Si](OC1=CCCC2CCCC=C12)(C(C)C)C(C)C. The molecular weight excluding hydrogens is 272 g/mol. The predicted molar refractivity (Wildman–Crippen MR) is 94.9 cm³/mol. The van der Waals surface area contributed by atoms with Crippen molar-refractivity contribution in [2.45, 2.75) is 90.3 Å². The van der Waals surface area contributed by atoms with Crippen LogP contribution in [-0.2, 0) is 4.43 Å². The molecule has 0 aromatic carbocycles. The molecule has 0 radical (unpaired) electrons. The lowest BCUT2D eigenvalue weighted by Gasteiger charge is -2.44. The van der Waals surface area contributed by atoms with E-state index in [4.69, 9.17) is 4.43 Å². The van der Waals surface area contributed by atoms with Crippen LogP contribution < -0.4 is 0 Å². The third-order valence-corrected chi connectivity index (χ3v) is 11.7. The number of allylic oxidation sites excluding steroid dienone is 3. The summed E-state index contributed by atoms with van der Waals surface area (Å²) in [5, 5.41) is 0. The fourth-order valence-corrected chi connectivity index (χ4v) is 10.0. The van der Waals surface area contributed by atoms with Crippen LogP contribution in [-0.4, -0.2) is 8.32 Å². The number of hydrogen-bond donors (Lipinski definition) is 0. The van der Waals surface area contributed by atoms with E-state index >= 15 is 0 Å². The molecule has 1 atom stereocenters. The molecule has 0 saturated carbocycles. The summed E-state index contributed by atoms with van der Waals surface area (Å²) in [4.78, 5) is 0. The van der Waals surface area contributed by atoms with Crippen LogP contribution in [0.1, 0.15) is 73.6 Å². The fourth-order valence-electron chi connectivity index (χ4n) is 4.72. The number of hydrogen-bond acceptors (Lipinski definition) is 1. The molecule has 2 aliphatic rings. The van der Waals surface area contributed by atoms with Crippen molar-refractivity contribution >= 4 is 8.32 Å². The van der Waals surface area contributed by atoms with Crippen LogP contribution in [0.3, 0.4) is 0 Å². The molecule has 0 saturated heterocycles. The van der Waals surface area contributed by atoms with Gasteiger partial charge >= 0.3 is 0 Å². The van der Waals surface area contributed by atoms with Gasteiger partial charge in [0.1, 0.15) is 5.76 Å². The highest BCUT2D eigenvalue weighted by atomic mass is 28.4. The molecule has 1 nitrogen and oxygen atoms in total. The smallest absolute Gasteiger partial charge is 0.258 e. The lowest BCUT2D eigenvalue weighted by Crippen LogP contribution is -2.48. The van der Waals surface area contributed by atoms with Gasteiger partial charge in [0.2, 0.25) is 0 Å². The van der Waals surface area contributed by atoms with Gasteiger partial charge in [-0.2, -0.15) is 0 Å². The van der Waals surface area contributed by atoms with Crippen LogP contribution in [0.25, 0.3) is 0 Å². The molecule has 2 rings (SSSR count). The molecule has 0 aromatic heterocycles. The van der Waals surface area contributed by atoms with E-state index in [0.717, 1.165) is 5.92 Å². The van der Waals surface area contributed by atoms with Crippen LogP contribution in [0.2, 0.25) is 16.6 Å². The highest BCUT2D eigenvalue weighted by Gasteiger charge is 2.48. The third-order valence-electron chi connectivity index (χ3n) is 5.68. The zero-order chi connectivity index (χ0) is 15.6. The van der Waals surface area contributed by atoms with Crippen molar-refractivity contribution in [3.05, 3.63) is 23.5 Å². The average molecular weight is 307 g/mol. The van der Waals surface area contributed by atoms with Crippen molar-refractivity contribution in [2.24, 2.45) is 5.92 Å². The van der Waals surface area contributed by atoms with Crippen molar-refractivity contribution in [1.82, 2.24) is 0 Å².